The summed E-state index contributed by atoms with van der Waals surface area (Å²) < 4.78 is 0. The van der Waals surface area contributed by atoms with Gasteiger partial charge in [0.2, 0.25) is 5.91 Å². The Kier molecular flexibility index (Phi) is 2.46. The van der Waals surface area contributed by atoms with E-state index in [0.717, 1.165) is 18.7 Å². The normalized spacial score (nSPS) is 15.7. The zero-order valence-electron chi connectivity index (χ0n) is 8.44. The second-order valence-electron chi connectivity index (χ2n) is 3.65. The van der Waals surface area contributed by atoms with Crippen molar-refractivity contribution in [2.75, 3.05) is 11.4 Å². The Hall–Kier alpha value is -1.77. The third-order valence-electron chi connectivity index (χ3n) is 2.56. The van der Waals surface area contributed by atoms with E-state index < -0.39 is 0 Å². The van der Waals surface area contributed by atoms with Crippen molar-refractivity contribution in [2.24, 2.45) is 0 Å². The molecule has 0 aromatic heterocycles. The van der Waals surface area contributed by atoms with Gasteiger partial charge >= 0.3 is 0 Å². The zero-order chi connectivity index (χ0) is 10.8. The Morgan fingerprint density at radius 1 is 1.47 bits per heavy atom. The van der Waals surface area contributed by atoms with E-state index in [0.29, 0.717) is 12.0 Å². The minimum absolute atomic E-state index is 0.0310. The van der Waals surface area contributed by atoms with E-state index in [1.54, 1.807) is 17.0 Å². The molecule has 1 heterocycles. The monoisotopic (exact) mass is 203 g/mol. The molecule has 1 aliphatic rings. The van der Waals surface area contributed by atoms with Crippen LogP contribution in [-0.2, 0) is 4.79 Å². The third kappa shape index (κ3) is 1.86. The average Bonchev–Trinajstić information content (AvgIpc) is 2.64. The molecule has 1 N–H and O–H groups in total. The van der Waals surface area contributed by atoms with Crippen LogP contribution in [0.4, 0.5) is 5.69 Å². The maximum Gasteiger partial charge on any atom is 0.227 e. The third-order valence-corrected chi connectivity index (χ3v) is 2.56. The fourth-order valence-corrected chi connectivity index (χ4v) is 1.77. The number of aliphatic hydroxyl groups is 1. The van der Waals surface area contributed by atoms with Crippen LogP contribution in [0.3, 0.4) is 0 Å². The number of nitrogens with zero attached hydrogens (tertiary/aromatic N) is 1. The van der Waals surface area contributed by atoms with Crippen LogP contribution in [0.1, 0.15) is 18.4 Å². The molecular weight excluding hydrogens is 190 g/mol. The fourth-order valence-electron chi connectivity index (χ4n) is 1.77. The number of rotatable bonds is 2. The first kappa shape index (κ1) is 9.77. The lowest BCUT2D eigenvalue weighted by molar-refractivity contribution is -0.117. The molecule has 1 amide bonds. The molecule has 1 aliphatic heterocycles. The SMILES string of the molecule is C=C(O)c1cccc(N2CCCC2=O)c1. The summed E-state index contributed by atoms with van der Waals surface area (Å²) in [4.78, 5) is 13.2. The molecule has 3 nitrogen and oxygen atoms in total. The quantitative estimate of drug-likeness (QED) is 0.749. The number of amides is 1. The summed E-state index contributed by atoms with van der Waals surface area (Å²) in [6.07, 6.45) is 1.52. The molecule has 0 unspecified atom stereocenters. The van der Waals surface area contributed by atoms with Crippen molar-refractivity contribution in [3.05, 3.63) is 36.4 Å². The number of carbonyl (C=O) groups excluding carboxylic acids is 1. The summed E-state index contributed by atoms with van der Waals surface area (Å²) in [7, 11) is 0. The van der Waals surface area contributed by atoms with E-state index in [2.05, 4.69) is 6.58 Å². The molecule has 0 spiro atoms. The number of anilines is 1. The van der Waals surface area contributed by atoms with Crippen molar-refractivity contribution < 1.29 is 9.90 Å². The Morgan fingerprint density at radius 3 is 2.87 bits per heavy atom. The average molecular weight is 203 g/mol. The van der Waals surface area contributed by atoms with Gasteiger partial charge in [-0.2, -0.15) is 0 Å². The van der Waals surface area contributed by atoms with Crippen molar-refractivity contribution in [1.82, 2.24) is 0 Å². The van der Waals surface area contributed by atoms with Crippen molar-refractivity contribution >= 4 is 17.4 Å². The van der Waals surface area contributed by atoms with E-state index in [9.17, 15) is 9.90 Å². The van der Waals surface area contributed by atoms with Gasteiger partial charge in [-0.1, -0.05) is 18.7 Å². The Labute approximate surface area is 88.6 Å². The molecule has 0 radical (unpaired) electrons. The molecule has 3 heteroatoms. The minimum Gasteiger partial charge on any atom is -0.508 e. The predicted molar refractivity (Wildman–Crippen MR) is 59.7 cm³/mol. The molecule has 1 aromatic rings. The first-order chi connectivity index (χ1) is 7.18. The second-order valence-corrected chi connectivity index (χ2v) is 3.65. The van der Waals surface area contributed by atoms with Crippen LogP contribution in [-0.4, -0.2) is 17.6 Å². The number of carbonyl (C=O) groups is 1. The van der Waals surface area contributed by atoms with Crippen LogP contribution in [0, 0.1) is 0 Å². The van der Waals surface area contributed by atoms with Crippen molar-refractivity contribution in [2.45, 2.75) is 12.8 Å². The van der Waals surface area contributed by atoms with Crippen LogP contribution in [0.2, 0.25) is 0 Å². The molecule has 2 rings (SSSR count). The van der Waals surface area contributed by atoms with Gasteiger partial charge in [0.1, 0.15) is 5.76 Å². The lowest BCUT2D eigenvalue weighted by Gasteiger charge is -2.16. The van der Waals surface area contributed by atoms with Crippen LogP contribution in [0.5, 0.6) is 0 Å². The first-order valence-corrected chi connectivity index (χ1v) is 4.97. The van der Waals surface area contributed by atoms with Gasteiger partial charge in [0.05, 0.1) is 0 Å². The highest BCUT2D eigenvalue weighted by Crippen LogP contribution is 2.23. The second kappa shape index (κ2) is 3.77. The van der Waals surface area contributed by atoms with Gasteiger partial charge in [-0.15, -0.1) is 0 Å². The van der Waals surface area contributed by atoms with Crippen LogP contribution in [0.25, 0.3) is 5.76 Å². The highest BCUT2D eigenvalue weighted by molar-refractivity contribution is 5.95. The van der Waals surface area contributed by atoms with Gasteiger partial charge in [-0.25, -0.2) is 0 Å². The van der Waals surface area contributed by atoms with Crippen molar-refractivity contribution in [1.29, 1.82) is 0 Å². The highest BCUT2D eigenvalue weighted by Gasteiger charge is 2.21. The maximum absolute atomic E-state index is 11.5. The van der Waals surface area contributed by atoms with Crippen LogP contribution < -0.4 is 4.90 Å². The first-order valence-electron chi connectivity index (χ1n) is 4.97. The van der Waals surface area contributed by atoms with Crippen LogP contribution in [0.15, 0.2) is 30.8 Å². The zero-order valence-corrected chi connectivity index (χ0v) is 8.44. The molecule has 0 bridgehead atoms. The Bertz CT molecular complexity index is 412. The standard InChI is InChI=1S/C12H13NO2/c1-9(14)10-4-2-5-11(8-10)13-7-3-6-12(13)15/h2,4-5,8,14H,1,3,6-7H2. The van der Waals surface area contributed by atoms with Crippen LogP contribution >= 0.6 is 0 Å². The number of hydrogen-bond donors (Lipinski definition) is 1. The smallest absolute Gasteiger partial charge is 0.227 e. The summed E-state index contributed by atoms with van der Waals surface area (Å²) >= 11 is 0. The van der Waals surface area contributed by atoms with E-state index in [1.807, 2.05) is 12.1 Å². The number of aliphatic hydroxyl groups excluding tert-OH is 1. The van der Waals surface area contributed by atoms with Gasteiger partial charge < -0.3 is 10.0 Å². The van der Waals surface area contributed by atoms with Gasteiger partial charge in [0.15, 0.2) is 0 Å². The molecule has 1 saturated heterocycles. The van der Waals surface area contributed by atoms with Gasteiger partial charge in [0.25, 0.3) is 0 Å². The Balaban J connectivity index is 2.32. The summed E-state index contributed by atoms with van der Waals surface area (Å²) in [5, 5.41) is 9.26. The summed E-state index contributed by atoms with van der Waals surface area (Å²) in [5.74, 6) is 0.180. The Morgan fingerprint density at radius 2 is 2.27 bits per heavy atom. The van der Waals surface area contributed by atoms with E-state index in [4.69, 9.17) is 0 Å². The fraction of sp³-hybridized carbons (Fsp3) is 0.250. The van der Waals surface area contributed by atoms with Gasteiger partial charge in [-0.3, -0.25) is 4.79 Å². The summed E-state index contributed by atoms with van der Waals surface area (Å²) in [6.45, 7) is 4.23. The lowest BCUT2D eigenvalue weighted by Crippen LogP contribution is -2.23. The predicted octanol–water partition coefficient (Wildman–Crippen LogP) is 2.34. The minimum atomic E-state index is 0.0310. The van der Waals surface area contributed by atoms with Gasteiger partial charge in [0, 0.05) is 24.2 Å². The molecule has 1 aromatic carbocycles. The largest absolute Gasteiger partial charge is 0.508 e. The van der Waals surface area contributed by atoms with E-state index in [-0.39, 0.29) is 11.7 Å². The van der Waals surface area contributed by atoms with Gasteiger partial charge in [-0.05, 0) is 18.6 Å². The summed E-state index contributed by atoms with van der Waals surface area (Å²) in [5.41, 5.74) is 1.50. The molecule has 0 atom stereocenters. The molecule has 78 valence electrons. The van der Waals surface area contributed by atoms with Crippen molar-refractivity contribution in [3.8, 4) is 0 Å². The molecule has 0 saturated carbocycles. The highest BCUT2D eigenvalue weighted by atomic mass is 16.3. The summed E-state index contributed by atoms with van der Waals surface area (Å²) in [6, 6.07) is 7.24. The molecular formula is C12H13NO2. The van der Waals surface area contributed by atoms with Crippen molar-refractivity contribution in [3.63, 3.8) is 0 Å². The lowest BCUT2D eigenvalue weighted by atomic mass is 10.1. The molecule has 15 heavy (non-hydrogen) atoms. The molecule has 0 aliphatic carbocycles. The van der Waals surface area contributed by atoms with E-state index >= 15 is 0 Å². The maximum atomic E-state index is 11.5. The molecule has 1 fully saturated rings. The number of hydrogen-bond acceptors (Lipinski definition) is 2. The topological polar surface area (TPSA) is 40.5 Å². The number of benzene rings is 1. The van der Waals surface area contributed by atoms with E-state index in [1.165, 1.54) is 0 Å².